The first-order valence-corrected chi connectivity index (χ1v) is 19.8. The van der Waals surface area contributed by atoms with Gasteiger partial charge in [-0.1, -0.05) is 25.8 Å². The molecule has 1 aromatic heterocycles. The highest BCUT2D eigenvalue weighted by Gasteiger charge is 2.45. The van der Waals surface area contributed by atoms with Crippen LogP contribution >= 0.6 is 0 Å². The zero-order valence-electron chi connectivity index (χ0n) is 32.9. The predicted molar refractivity (Wildman–Crippen MR) is 215 cm³/mol. The summed E-state index contributed by atoms with van der Waals surface area (Å²) < 4.78 is 13.9. The van der Waals surface area contributed by atoms with Gasteiger partial charge in [0.1, 0.15) is 11.9 Å². The van der Waals surface area contributed by atoms with E-state index in [2.05, 4.69) is 36.5 Å². The summed E-state index contributed by atoms with van der Waals surface area (Å²) in [5, 5.41) is 14.1. The Balaban J connectivity index is 0.858. The number of hydrogen-bond donors (Lipinski definition) is 6. The molecule has 1 saturated heterocycles. The van der Waals surface area contributed by atoms with Crippen molar-refractivity contribution in [2.75, 3.05) is 49.9 Å². The summed E-state index contributed by atoms with van der Waals surface area (Å²) in [7, 11) is 0. The van der Waals surface area contributed by atoms with E-state index in [1.165, 1.54) is 18.2 Å². The molecule has 2 aromatic carbocycles. The monoisotopic (exact) mass is 796 g/mol. The normalized spacial score (nSPS) is 16.8. The van der Waals surface area contributed by atoms with E-state index in [9.17, 15) is 38.0 Å². The summed E-state index contributed by atoms with van der Waals surface area (Å²) in [5.74, 6) is -3.22. The Morgan fingerprint density at radius 2 is 1.67 bits per heavy atom. The summed E-state index contributed by atoms with van der Waals surface area (Å²) in [6, 6.07) is 8.08. The van der Waals surface area contributed by atoms with Crippen LogP contribution in [0.1, 0.15) is 105 Å². The number of nitrogens with zero attached hydrogens (tertiary/aromatic N) is 2. The van der Waals surface area contributed by atoms with E-state index < -0.39 is 35.5 Å². The van der Waals surface area contributed by atoms with Gasteiger partial charge in [0.2, 0.25) is 17.7 Å². The Labute approximate surface area is 335 Å². The summed E-state index contributed by atoms with van der Waals surface area (Å²) >= 11 is 0. The van der Waals surface area contributed by atoms with Crippen LogP contribution in [0.15, 0.2) is 36.4 Å². The lowest BCUT2D eigenvalue weighted by atomic mass is 10.0. The van der Waals surface area contributed by atoms with Crippen LogP contribution in [0, 0.1) is 19.7 Å². The second-order valence-electron chi connectivity index (χ2n) is 14.7. The molecule has 6 rings (SSSR count). The van der Waals surface area contributed by atoms with Crippen molar-refractivity contribution in [3.8, 4) is 0 Å². The maximum absolute atomic E-state index is 13.9. The molecule has 1 fully saturated rings. The average Bonchev–Trinajstić information content (AvgIpc) is 3.75. The molecule has 0 saturated carbocycles. The molecule has 1 atom stereocenters. The minimum atomic E-state index is -1.02. The fourth-order valence-electron chi connectivity index (χ4n) is 7.64. The number of imide groups is 2. The molecular weight excluding hydrogens is 748 g/mol. The number of carbonyl (C=O) groups is 7. The number of unbranched alkanes of at least 4 members (excludes halogenated alkanes) is 3. The lowest BCUT2D eigenvalue weighted by Gasteiger charge is -2.27. The van der Waals surface area contributed by atoms with Crippen molar-refractivity contribution in [3.63, 3.8) is 0 Å². The number of aromatic amines is 1. The molecule has 306 valence electrons. The number of nitrogens with one attached hydrogen (secondary N) is 6. The largest absolute Gasteiger partial charge is 0.384 e. The lowest BCUT2D eigenvalue weighted by Crippen LogP contribution is -2.54. The van der Waals surface area contributed by atoms with Crippen LogP contribution in [0.4, 0.5) is 15.8 Å². The molecule has 58 heavy (non-hydrogen) atoms. The smallest absolute Gasteiger partial charge is 0.264 e. The maximum Gasteiger partial charge on any atom is 0.264 e. The minimum absolute atomic E-state index is 0.0287. The van der Waals surface area contributed by atoms with Crippen LogP contribution < -0.4 is 26.6 Å². The molecule has 3 aliphatic heterocycles. The van der Waals surface area contributed by atoms with E-state index in [1.54, 1.807) is 38.1 Å². The van der Waals surface area contributed by atoms with Crippen LogP contribution in [0.3, 0.4) is 0 Å². The number of benzene rings is 2. The van der Waals surface area contributed by atoms with E-state index in [1.807, 2.05) is 6.92 Å². The SMILES string of the molecule is CCN(CCNC(=O)CCCCCCNc1cccc2c1C(=O)N(C1CCC(=O)NC1=O)C2=O)CCNC(=O)c1c(C)[nH]c(/C=C2\C(=O)Nc3ccc(F)cc32)c1C. The van der Waals surface area contributed by atoms with Crippen LogP contribution in [0.2, 0.25) is 0 Å². The van der Waals surface area contributed by atoms with Crippen molar-refractivity contribution in [2.24, 2.45) is 0 Å². The molecular formula is C42H49FN8O7. The molecule has 0 bridgehead atoms. The number of anilines is 2. The van der Waals surface area contributed by atoms with Crippen LogP contribution in [0.25, 0.3) is 11.6 Å². The van der Waals surface area contributed by atoms with Crippen molar-refractivity contribution < 1.29 is 38.0 Å². The van der Waals surface area contributed by atoms with Gasteiger partial charge in [-0.2, -0.15) is 0 Å². The first-order valence-electron chi connectivity index (χ1n) is 19.8. The number of piperidine rings is 1. The summed E-state index contributed by atoms with van der Waals surface area (Å²) in [6.45, 7) is 8.97. The molecule has 16 heteroatoms. The highest BCUT2D eigenvalue weighted by atomic mass is 19.1. The van der Waals surface area contributed by atoms with Gasteiger partial charge in [0, 0.05) is 73.9 Å². The third kappa shape index (κ3) is 9.17. The minimum Gasteiger partial charge on any atom is -0.384 e. The van der Waals surface area contributed by atoms with Gasteiger partial charge in [0.25, 0.3) is 23.6 Å². The quantitative estimate of drug-likeness (QED) is 0.0628. The Morgan fingerprint density at radius 3 is 2.43 bits per heavy atom. The molecule has 6 N–H and O–H groups in total. The molecule has 7 amide bonds. The number of aryl methyl sites for hydroxylation is 1. The summed E-state index contributed by atoms with van der Waals surface area (Å²) in [4.78, 5) is 94.8. The van der Waals surface area contributed by atoms with Gasteiger partial charge in [0.05, 0.1) is 22.3 Å². The number of halogens is 1. The third-order valence-electron chi connectivity index (χ3n) is 10.8. The van der Waals surface area contributed by atoms with Gasteiger partial charge in [-0.25, -0.2) is 4.39 Å². The Bertz CT molecular complexity index is 2180. The van der Waals surface area contributed by atoms with Crippen molar-refractivity contribution in [3.05, 3.63) is 81.4 Å². The van der Waals surface area contributed by atoms with Crippen LogP contribution in [-0.2, 0) is 19.2 Å². The van der Waals surface area contributed by atoms with Crippen molar-refractivity contribution >= 4 is 64.4 Å². The zero-order valence-corrected chi connectivity index (χ0v) is 32.9. The maximum atomic E-state index is 13.9. The standard InChI is InChI=1S/C42H49FN8O7/c1-4-50(21-19-46-40(56)36-24(2)32(47-25(36)3)23-29-28-22-26(43)13-14-30(28)48-38(29)54)20-18-45-34(52)12-7-5-6-8-17-44-31-11-9-10-27-37(31)42(58)51(41(27)57)33-15-16-35(53)49-39(33)55/h9-11,13-14,22-23,33,44,47H,4-8,12,15-21H2,1-3H3,(H,45,52)(H,46,56)(H,48,54)(H,49,53,55)/b29-23-. The predicted octanol–water partition coefficient (Wildman–Crippen LogP) is 3.90. The number of H-pyrrole nitrogens is 1. The van der Waals surface area contributed by atoms with Gasteiger partial charge in [0.15, 0.2) is 0 Å². The number of rotatable bonds is 18. The molecule has 0 aliphatic carbocycles. The lowest BCUT2D eigenvalue weighted by molar-refractivity contribution is -0.136. The van der Waals surface area contributed by atoms with Gasteiger partial charge in [-0.15, -0.1) is 0 Å². The Kier molecular flexibility index (Phi) is 13.2. The number of fused-ring (bicyclic) bond motifs is 2. The van der Waals surface area contributed by atoms with E-state index in [0.717, 1.165) is 37.1 Å². The van der Waals surface area contributed by atoms with Gasteiger partial charge < -0.3 is 31.2 Å². The molecule has 15 nitrogen and oxygen atoms in total. The molecule has 0 radical (unpaired) electrons. The second-order valence-corrected chi connectivity index (χ2v) is 14.7. The van der Waals surface area contributed by atoms with Crippen LogP contribution in [-0.4, -0.2) is 101 Å². The molecule has 3 aliphatic rings. The fourth-order valence-corrected chi connectivity index (χ4v) is 7.64. The highest BCUT2D eigenvalue weighted by Crippen LogP contribution is 2.35. The van der Waals surface area contributed by atoms with Crippen molar-refractivity contribution in [2.45, 2.75) is 71.8 Å². The topological polar surface area (TPSA) is 202 Å². The van der Waals surface area contributed by atoms with E-state index in [4.69, 9.17) is 0 Å². The first kappa shape index (κ1) is 41.5. The zero-order chi connectivity index (χ0) is 41.5. The Hall–Kier alpha value is -6.16. The second kappa shape index (κ2) is 18.4. The molecule has 1 unspecified atom stereocenters. The summed E-state index contributed by atoms with van der Waals surface area (Å²) in [6.07, 6.45) is 5.39. The average molecular weight is 797 g/mol. The summed E-state index contributed by atoms with van der Waals surface area (Å²) in [5.41, 5.74) is 4.72. The molecule has 3 aromatic rings. The number of amides is 7. The number of hydrogen-bond acceptors (Lipinski definition) is 9. The van der Waals surface area contributed by atoms with Crippen molar-refractivity contribution in [1.82, 2.24) is 30.7 Å². The van der Waals surface area contributed by atoms with Gasteiger partial charge in [-0.3, -0.25) is 43.8 Å². The number of aromatic nitrogens is 1. The highest BCUT2D eigenvalue weighted by molar-refractivity contribution is 6.35. The van der Waals surface area contributed by atoms with Crippen molar-refractivity contribution in [1.29, 1.82) is 0 Å². The van der Waals surface area contributed by atoms with Gasteiger partial charge in [-0.05, 0) is 81.6 Å². The van der Waals surface area contributed by atoms with E-state index >= 15 is 0 Å². The number of likely N-dealkylation sites (N-methyl/N-ethyl adjacent to an activating group) is 1. The molecule has 0 spiro atoms. The van der Waals surface area contributed by atoms with E-state index in [-0.39, 0.29) is 41.7 Å². The van der Waals surface area contributed by atoms with Crippen LogP contribution in [0.5, 0.6) is 0 Å². The molecule has 4 heterocycles. The van der Waals surface area contributed by atoms with E-state index in [0.29, 0.717) is 84.2 Å². The van der Waals surface area contributed by atoms with Gasteiger partial charge >= 0.3 is 0 Å². The Morgan fingerprint density at radius 1 is 0.914 bits per heavy atom. The third-order valence-corrected chi connectivity index (χ3v) is 10.8. The fraction of sp³-hybridized carbons (Fsp3) is 0.405. The first-order chi connectivity index (χ1) is 27.9. The number of carbonyl (C=O) groups excluding carboxylic acids is 7.